The van der Waals surface area contributed by atoms with Crippen molar-refractivity contribution in [3.63, 3.8) is 0 Å². The predicted molar refractivity (Wildman–Crippen MR) is 78.3 cm³/mol. The van der Waals surface area contributed by atoms with Crippen LogP contribution in [0.15, 0.2) is 24.3 Å². The van der Waals surface area contributed by atoms with Crippen LogP contribution in [0.4, 0.5) is 0 Å². The lowest BCUT2D eigenvalue weighted by molar-refractivity contribution is -0.138. The van der Waals surface area contributed by atoms with Gasteiger partial charge in [0, 0.05) is 25.9 Å². The summed E-state index contributed by atoms with van der Waals surface area (Å²) in [6.45, 7) is 0.493. The Morgan fingerprint density at radius 3 is 2.86 bits per heavy atom. The first kappa shape index (κ1) is 15.4. The highest BCUT2D eigenvalue weighted by Gasteiger charge is 2.45. The molecule has 0 heterocycles. The van der Waals surface area contributed by atoms with E-state index in [2.05, 4.69) is 0 Å². The summed E-state index contributed by atoms with van der Waals surface area (Å²) in [5.74, 6) is 0.367. The van der Waals surface area contributed by atoms with Crippen LogP contribution >= 0.6 is 0 Å². The molecule has 1 aliphatic carbocycles. The van der Waals surface area contributed by atoms with Gasteiger partial charge in [-0.3, -0.25) is 9.59 Å². The van der Waals surface area contributed by atoms with E-state index in [0.29, 0.717) is 13.0 Å². The maximum absolute atomic E-state index is 12.3. The molecule has 1 N–H and O–H groups in total. The molecule has 1 amide bonds. The highest BCUT2D eigenvalue weighted by molar-refractivity contribution is 5.82. The van der Waals surface area contributed by atoms with Gasteiger partial charge >= 0.3 is 5.97 Å². The van der Waals surface area contributed by atoms with Gasteiger partial charge in [-0.05, 0) is 36.5 Å². The highest BCUT2D eigenvalue weighted by atomic mass is 16.5. The molecule has 1 fully saturated rings. The van der Waals surface area contributed by atoms with E-state index in [1.807, 2.05) is 24.3 Å². The molecule has 21 heavy (non-hydrogen) atoms. The third-order valence-corrected chi connectivity index (χ3v) is 3.89. The van der Waals surface area contributed by atoms with E-state index < -0.39 is 5.97 Å². The minimum Gasteiger partial charge on any atom is -0.497 e. The molecule has 0 bridgehead atoms. The highest BCUT2D eigenvalue weighted by Crippen LogP contribution is 2.48. The van der Waals surface area contributed by atoms with Gasteiger partial charge in [-0.25, -0.2) is 0 Å². The summed E-state index contributed by atoms with van der Waals surface area (Å²) in [6, 6.07) is 7.82. The van der Waals surface area contributed by atoms with Crippen LogP contribution in [-0.4, -0.2) is 42.6 Å². The molecule has 2 unspecified atom stereocenters. The van der Waals surface area contributed by atoms with Crippen molar-refractivity contribution in [3.05, 3.63) is 29.8 Å². The molecule has 2 atom stereocenters. The molecule has 5 heteroatoms. The second kappa shape index (κ2) is 6.61. The molecule has 1 aliphatic rings. The van der Waals surface area contributed by atoms with Crippen LogP contribution in [0.1, 0.15) is 30.7 Å². The summed E-state index contributed by atoms with van der Waals surface area (Å²) in [5, 5.41) is 8.61. The van der Waals surface area contributed by atoms with E-state index in [4.69, 9.17) is 9.84 Å². The first-order chi connectivity index (χ1) is 10.0. The topological polar surface area (TPSA) is 66.8 Å². The Morgan fingerprint density at radius 2 is 2.19 bits per heavy atom. The SMILES string of the molecule is COc1cccc(C2CC2C(=O)N(C)CCCC(=O)O)c1. The van der Waals surface area contributed by atoms with Crippen LogP contribution in [-0.2, 0) is 9.59 Å². The third kappa shape index (κ3) is 3.97. The average molecular weight is 291 g/mol. The number of carbonyl (C=O) groups is 2. The van der Waals surface area contributed by atoms with Crippen LogP contribution in [0.5, 0.6) is 5.75 Å². The second-order valence-corrected chi connectivity index (χ2v) is 5.48. The number of ether oxygens (including phenoxy) is 1. The van der Waals surface area contributed by atoms with E-state index in [1.54, 1.807) is 19.1 Å². The normalized spacial score (nSPS) is 19.9. The first-order valence-corrected chi connectivity index (χ1v) is 7.13. The van der Waals surface area contributed by atoms with Crippen molar-refractivity contribution < 1.29 is 19.4 Å². The zero-order valence-corrected chi connectivity index (χ0v) is 12.4. The number of aliphatic carboxylic acids is 1. The number of hydrogen-bond acceptors (Lipinski definition) is 3. The molecular formula is C16H21NO4. The number of carbonyl (C=O) groups excluding carboxylic acids is 1. The summed E-state index contributed by atoms with van der Waals surface area (Å²) in [4.78, 5) is 24.4. The Morgan fingerprint density at radius 1 is 1.43 bits per heavy atom. The average Bonchev–Trinajstić information content (AvgIpc) is 3.26. The molecule has 1 aromatic carbocycles. The summed E-state index contributed by atoms with van der Waals surface area (Å²) in [5.41, 5.74) is 1.13. The first-order valence-electron chi connectivity index (χ1n) is 7.13. The van der Waals surface area contributed by atoms with Crippen molar-refractivity contribution in [2.45, 2.75) is 25.2 Å². The van der Waals surface area contributed by atoms with E-state index in [0.717, 1.165) is 17.7 Å². The monoisotopic (exact) mass is 291 g/mol. The number of amides is 1. The molecular weight excluding hydrogens is 270 g/mol. The number of methoxy groups -OCH3 is 1. The molecule has 0 aliphatic heterocycles. The van der Waals surface area contributed by atoms with Gasteiger partial charge in [0.2, 0.25) is 5.91 Å². The van der Waals surface area contributed by atoms with Gasteiger partial charge in [-0.2, -0.15) is 0 Å². The Balaban J connectivity index is 1.86. The number of nitrogens with zero attached hydrogens (tertiary/aromatic N) is 1. The quantitative estimate of drug-likeness (QED) is 0.835. The largest absolute Gasteiger partial charge is 0.497 e. The number of rotatable bonds is 7. The fourth-order valence-corrected chi connectivity index (χ4v) is 2.57. The molecule has 0 spiro atoms. The van der Waals surface area contributed by atoms with Gasteiger partial charge in [-0.1, -0.05) is 12.1 Å². The summed E-state index contributed by atoms with van der Waals surface area (Å²) >= 11 is 0. The van der Waals surface area contributed by atoms with Crippen LogP contribution in [0.3, 0.4) is 0 Å². The lowest BCUT2D eigenvalue weighted by atomic mass is 10.1. The lowest BCUT2D eigenvalue weighted by Crippen LogP contribution is -2.29. The molecule has 114 valence electrons. The summed E-state index contributed by atoms with van der Waals surface area (Å²) in [6.07, 6.45) is 1.45. The van der Waals surface area contributed by atoms with Crippen molar-refractivity contribution >= 4 is 11.9 Å². The Labute approximate surface area is 124 Å². The minimum atomic E-state index is -0.823. The number of carboxylic acid groups (broad SMARTS) is 1. The number of benzene rings is 1. The van der Waals surface area contributed by atoms with Gasteiger partial charge in [0.1, 0.15) is 5.75 Å². The number of hydrogen-bond donors (Lipinski definition) is 1. The predicted octanol–water partition coefficient (Wildman–Crippen LogP) is 2.12. The van der Waals surface area contributed by atoms with Crippen LogP contribution in [0.2, 0.25) is 0 Å². The van der Waals surface area contributed by atoms with E-state index in [9.17, 15) is 9.59 Å². The minimum absolute atomic E-state index is 0.0203. The molecule has 0 aromatic heterocycles. The molecule has 1 aromatic rings. The zero-order chi connectivity index (χ0) is 15.4. The van der Waals surface area contributed by atoms with Crippen molar-refractivity contribution in [1.29, 1.82) is 0 Å². The second-order valence-electron chi connectivity index (χ2n) is 5.48. The van der Waals surface area contributed by atoms with Crippen LogP contribution < -0.4 is 4.74 Å². The Hall–Kier alpha value is -2.04. The van der Waals surface area contributed by atoms with Crippen molar-refractivity contribution in [3.8, 4) is 5.75 Å². The smallest absolute Gasteiger partial charge is 0.303 e. The van der Waals surface area contributed by atoms with E-state index >= 15 is 0 Å². The van der Waals surface area contributed by atoms with Crippen LogP contribution in [0, 0.1) is 5.92 Å². The fourth-order valence-electron chi connectivity index (χ4n) is 2.57. The summed E-state index contributed by atoms with van der Waals surface area (Å²) in [7, 11) is 3.37. The van der Waals surface area contributed by atoms with Gasteiger partial charge in [0.25, 0.3) is 0 Å². The van der Waals surface area contributed by atoms with Gasteiger partial charge in [-0.15, -0.1) is 0 Å². The van der Waals surface area contributed by atoms with Crippen molar-refractivity contribution in [2.75, 3.05) is 20.7 Å². The van der Waals surface area contributed by atoms with E-state index in [1.165, 1.54) is 0 Å². The molecule has 0 saturated heterocycles. The number of carboxylic acids is 1. The molecule has 2 rings (SSSR count). The van der Waals surface area contributed by atoms with E-state index in [-0.39, 0.29) is 24.2 Å². The standard InChI is InChI=1S/C16H21NO4/c1-17(8-4-7-15(18)19)16(20)14-10-13(14)11-5-3-6-12(9-11)21-2/h3,5-6,9,13-14H,4,7-8,10H2,1-2H3,(H,18,19). The fraction of sp³-hybridized carbons (Fsp3) is 0.500. The Bertz CT molecular complexity index is 529. The van der Waals surface area contributed by atoms with Gasteiger partial charge in [0.05, 0.1) is 7.11 Å². The van der Waals surface area contributed by atoms with Gasteiger partial charge in [0.15, 0.2) is 0 Å². The molecule has 1 saturated carbocycles. The van der Waals surface area contributed by atoms with Crippen molar-refractivity contribution in [2.24, 2.45) is 5.92 Å². The summed E-state index contributed by atoms with van der Waals surface area (Å²) < 4.78 is 5.20. The van der Waals surface area contributed by atoms with Gasteiger partial charge < -0.3 is 14.7 Å². The third-order valence-electron chi connectivity index (χ3n) is 3.89. The van der Waals surface area contributed by atoms with Crippen LogP contribution in [0.25, 0.3) is 0 Å². The Kier molecular flexibility index (Phi) is 4.83. The molecule has 5 nitrogen and oxygen atoms in total. The maximum atomic E-state index is 12.3. The maximum Gasteiger partial charge on any atom is 0.303 e. The van der Waals surface area contributed by atoms with Crippen molar-refractivity contribution in [1.82, 2.24) is 4.90 Å². The lowest BCUT2D eigenvalue weighted by Gasteiger charge is -2.16. The molecule has 0 radical (unpaired) electrons. The zero-order valence-electron chi connectivity index (χ0n) is 12.4.